The summed E-state index contributed by atoms with van der Waals surface area (Å²) >= 11 is 0. The van der Waals surface area contributed by atoms with E-state index in [1.165, 1.54) is 0 Å². The Morgan fingerprint density at radius 2 is 1.96 bits per heavy atom. The molecular weight excluding hydrogens is 316 g/mol. The Labute approximate surface area is 147 Å². The predicted octanol–water partition coefficient (Wildman–Crippen LogP) is 1.90. The van der Waals surface area contributed by atoms with E-state index in [4.69, 9.17) is 0 Å². The first-order valence-electron chi connectivity index (χ1n) is 8.62. The lowest BCUT2D eigenvalue weighted by atomic mass is 10.1. The van der Waals surface area contributed by atoms with Gasteiger partial charge in [-0.1, -0.05) is 12.1 Å². The summed E-state index contributed by atoms with van der Waals surface area (Å²) in [6, 6.07) is 7.82. The summed E-state index contributed by atoms with van der Waals surface area (Å²) in [5.74, 6) is 0.0781. The van der Waals surface area contributed by atoms with Gasteiger partial charge in [0.05, 0.1) is 6.20 Å². The van der Waals surface area contributed by atoms with Gasteiger partial charge in [-0.3, -0.25) is 14.3 Å². The maximum atomic E-state index is 12.3. The van der Waals surface area contributed by atoms with Crippen LogP contribution in [0.3, 0.4) is 0 Å². The minimum Gasteiger partial charge on any atom is -0.349 e. The molecule has 3 rings (SSSR count). The Bertz CT molecular complexity index is 747. The highest BCUT2D eigenvalue weighted by Crippen LogP contribution is 2.19. The highest BCUT2D eigenvalue weighted by Gasteiger charge is 2.23. The summed E-state index contributed by atoms with van der Waals surface area (Å²) < 4.78 is 1.74. The van der Waals surface area contributed by atoms with Crippen LogP contribution in [0.4, 0.5) is 0 Å². The van der Waals surface area contributed by atoms with Crippen molar-refractivity contribution in [3.05, 3.63) is 53.3 Å². The Morgan fingerprint density at radius 1 is 1.24 bits per heavy atom. The van der Waals surface area contributed by atoms with Gasteiger partial charge in [0.1, 0.15) is 0 Å². The second-order valence-corrected chi connectivity index (χ2v) is 6.72. The highest BCUT2D eigenvalue weighted by molar-refractivity contribution is 5.94. The lowest BCUT2D eigenvalue weighted by Gasteiger charge is -2.17. The molecular formula is C19H24N4O2. The average molecular weight is 340 g/mol. The number of benzene rings is 1. The minimum absolute atomic E-state index is 0.0186. The molecule has 1 aliphatic carbocycles. The van der Waals surface area contributed by atoms with Crippen LogP contribution >= 0.6 is 0 Å². The second-order valence-electron chi connectivity index (χ2n) is 6.72. The van der Waals surface area contributed by atoms with Crippen molar-refractivity contribution in [1.29, 1.82) is 0 Å². The Morgan fingerprint density at radius 3 is 2.56 bits per heavy atom. The molecule has 1 fully saturated rings. The van der Waals surface area contributed by atoms with E-state index in [9.17, 15) is 9.59 Å². The number of hydrogen-bond donors (Lipinski definition) is 1. The Hall–Kier alpha value is -2.63. The molecule has 1 saturated carbocycles. The molecule has 1 aromatic carbocycles. The van der Waals surface area contributed by atoms with Crippen LogP contribution in [0.25, 0.3) is 0 Å². The number of aryl methyl sites for hydroxylation is 2. The van der Waals surface area contributed by atoms with Crippen molar-refractivity contribution >= 4 is 11.8 Å². The molecule has 1 N–H and O–H groups in total. The van der Waals surface area contributed by atoms with Crippen molar-refractivity contribution in [2.75, 3.05) is 7.05 Å². The van der Waals surface area contributed by atoms with Gasteiger partial charge in [-0.05, 0) is 42.5 Å². The van der Waals surface area contributed by atoms with Crippen molar-refractivity contribution in [3.63, 3.8) is 0 Å². The van der Waals surface area contributed by atoms with Gasteiger partial charge in [0.2, 0.25) is 5.91 Å². The lowest BCUT2D eigenvalue weighted by molar-refractivity contribution is -0.130. The maximum Gasteiger partial charge on any atom is 0.251 e. The van der Waals surface area contributed by atoms with Crippen molar-refractivity contribution in [2.45, 2.75) is 38.3 Å². The summed E-state index contributed by atoms with van der Waals surface area (Å²) in [5, 5.41) is 7.08. The zero-order valence-corrected chi connectivity index (χ0v) is 14.7. The van der Waals surface area contributed by atoms with Gasteiger partial charge in [0.25, 0.3) is 5.91 Å². The number of rotatable bonds is 7. The molecule has 0 atom stereocenters. The molecule has 0 spiro atoms. The van der Waals surface area contributed by atoms with E-state index < -0.39 is 0 Å². The summed E-state index contributed by atoms with van der Waals surface area (Å²) in [6.07, 6.45) is 7.03. The number of aromatic nitrogens is 2. The number of carbonyl (C=O) groups is 2. The van der Waals surface area contributed by atoms with Gasteiger partial charge in [-0.2, -0.15) is 5.10 Å². The van der Waals surface area contributed by atoms with Crippen LogP contribution in [-0.2, 0) is 24.8 Å². The van der Waals surface area contributed by atoms with E-state index in [0.717, 1.165) is 24.0 Å². The minimum atomic E-state index is -0.0186. The first-order chi connectivity index (χ1) is 12.0. The van der Waals surface area contributed by atoms with E-state index in [2.05, 4.69) is 10.4 Å². The quantitative estimate of drug-likeness (QED) is 0.837. The topological polar surface area (TPSA) is 67.2 Å². The lowest BCUT2D eigenvalue weighted by Crippen LogP contribution is -2.27. The van der Waals surface area contributed by atoms with Gasteiger partial charge in [-0.15, -0.1) is 0 Å². The van der Waals surface area contributed by atoms with Crippen molar-refractivity contribution in [3.8, 4) is 0 Å². The first kappa shape index (κ1) is 17.2. The summed E-state index contributed by atoms with van der Waals surface area (Å²) in [6.45, 7) is 0.538. The molecule has 0 unspecified atom stereocenters. The number of nitrogens with zero attached hydrogens (tertiary/aromatic N) is 3. The molecule has 6 nitrogen and oxygen atoms in total. The van der Waals surface area contributed by atoms with E-state index in [1.807, 2.05) is 37.5 Å². The van der Waals surface area contributed by atoms with Crippen LogP contribution in [0.5, 0.6) is 0 Å². The van der Waals surface area contributed by atoms with Crippen LogP contribution in [-0.4, -0.2) is 39.6 Å². The van der Waals surface area contributed by atoms with Crippen LogP contribution < -0.4 is 5.32 Å². The standard InChI is InChI=1S/C19H24N4O2/c1-22(18(24)10-5-15-11-20-23(2)13-15)12-14-3-6-16(7-4-14)19(25)21-17-8-9-17/h3-4,6-7,11,13,17H,5,8-10,12H2,1-2H3,(H,21,25). The fraction of sp³-hybridized carbons (Fsp3) is 0.421. The molecule has 132 valence electrons. The molecule has 6 heteroatoms. The summed E-state index contributed by atoms with van der Waals surface area (Å²) in [4.78, 5) is 26.0. The predicted molar refractivity (Wildman–Crippen MR) is 94.9 cm³/mol. The number of carbonyl (C=O) groups excluding carboxylic acids is 2. The second kappa shape index (κ2) is 7.51. The molecule has 0 radical (unpaired) electrons. The number of nitrogens with one attached hydrogen (secondary N) is 1. The third-order valence-corrected chi connectivity index (χ3v) is 4.36. The molecule has 0 aliphatic heterocycles. The number of amides is 2. The van der Waals surface area contributed by atoms with Gasteiger partial charge in [-0.25, -0.2) is 0 Å². The largest absolute Gasteiger partial charge is 0.349 e. The zero-order valence-electron chi connectivity index (χ0n) is 14.7. The molecule has 2 aromatic rings. The normalized spacial score (nSPS) is 13.5. The third kappa shape index (κ3) is 4.92. The monoisotopic (exact) mass is 340 g/mol. The van der Waals surface area contributed by atoms with Crippen LogP contribution in [0.15, 0.2) is 36.7 Å². The fourth-order valence-electron chi connectivity index (χ4n) is 2.66. The molecule has 1 aliphatic rings. The van der Waals surface area contributed by atoms with Crippen LogP contribution in [0.1, 0.15) is 40.7 Å². The molecule has 0 saturated heterocycles. The maximum absolute atomic E-state index is 12.3. The van der Waals surface area contributed by atoms with Gasteiger partial charge >= 0.3 is 0 Å². The van der Waals surface area contributed by atoms with Crippen molar-refractivity contribution < 1.29 is 9.59 Å². The molecule has 1 aromatic heterocycles. The third-order valence-electron chi connectivity index (χ3n) is 4.36. The van der Waals surface area contributed by atoms with E-state index in [1.54, 1.807) is 22.8 Å². The van der Waals surface area contributed by atoms with Gasteiger partial charge < -0.3 is 10.2 Å². The first-order valence-corrected chi connectivity index (χ1v) is 8.62. The summed E-state index contributed by atoms with van der Waals surface area (Å²) in [5.41, 5.74) is 2.75. The molecule has 1 heterocycles. The average Bonchev–Trinajstić information content (AvgIpc) is 3.32. The van der Waals surface area contributed by atoms with Crippen LogP contribution in [0, 0.1) is 0 Å². The van der Waals surface area contributed by atoms with Crippen molar-refractivity contribution in [2.24, 2.45) is 7.05 Å². The molecule has 0 bridgehead atoms. The Kier molecular flexibility index (Phi) is 5.16. The van der Waals surface area contributed by atoms with Crippen molar-refractivity contribution in [1.82, 2.24) is 20.0 Å². The van der Waals surface area contributed by atoms with E-state index >= 15 is 0 Å². The molecule has 2 amide bonds. The van der Waals surface area contributed by atoms with Crippen LogP contribution in [0.2, 0.25) is 0 Å². The fourth-order valence-corrected chi connectivity index (χ4v) is 2.66. The zero-order chi connectivity index (χ0) is 17.8. The smallest absolute Gasteiger partial charge is 0.251 e. The van der Waals surface area contributed by atoms with E-state index in [-0.39, 0.29) is 11.8 Å². The highest BCUT2D eigenvalue weighted by atomic mass is 16.2. The number of hydrogen-bond acceptors (Lipinski definition) is 3. The summed E-state index contributed by atoms with van der Waals surface area (Å²) in [7, 11) is 3.67. The Balaban J connectivity index is 1.48. The van der Waals surface area contributed by atoms with Gasteiger partial charge in [0, 0.05) is 44.9 Å². The molecule has 25 heavy (non-hydrogen) atoms. The van der Waals surface area contributed by atoms with Gasteiger partial charge in [0.15, 0.2) is 0 Å². The SMILES string of the molecule is CN(Cc1ccc(C(=O)NC2CC2)cc1)C(=O)CCc1cnn(C)c1. The van der Waals surface area contributed by atoms with E-state index in [0.29, 0.717) is 31.0 Å².